The van der Waals surface area contributed by atoms with Crippen molar-refractivity contribution >= 4 is 27.5 Å². The van der Waals surface area contributed by atoms with Crippen molar-refractivity contribution in [2.75, 3.05) is 14.2 Å². The van der Waals surface area contributed by atoms with Gasteiger partial charge in [-0.2, -0.15) is 10.1 Å². The molecule has 1 aromatic carbocycles. The molecule has 0 fully saturated rings. The van der Waals surface area contributed by atoms with Crippen molar-refractivity contribution in [1.29, 1.82) is 0 Å². The molecule has 7 nitrogen and oxygen atoms in total. The van der Waals surface area contributed by atoms with Crippen LogP contribution in [-0.2, 0) is 13.6 Å². The van der Waals surface area contributed by atoms with Gasteiger partial charge in [0.05, 0.1) is 24.4 Å². The molecular formula is C17H20N4O3S. The maximum absolute atomic E-state index is 12.5. The fourth-order valence-electron chi connectivity index (χ4n) is 2.60. The first-order valence-electron chi connectivity index (χ1n) is 7.83. The smallest absolute Gasteiger partial charge is 0.300 e. The third-order valence-electron chi connectivity index (χ3n) is 4.03. The highest BCUT2D eigenvalue weighted by molar-refractivity contribution is 7.16. The lowest BCUT2D eigenvalue weighted by Gasteiger charge is -2.08. The summed E-state index contributed by atoms with van der Waals surface area (Å²) in [7, 11) is 5.00. The molecule has 0 radical (unpaired) electrons. The van der Waals surface area contributed by atoms with E-state index in [-0.39, 0.29) is 5.91 Å². The van der Waals surface area contributed by atoms with Gasteiger partial charge in [0, 0.05) is 31.4 Å². The third kappa shape index (κ3) is 3.05. The number of aromatic nitrogens is 3. The molecule has 1 amide bonds. The van der Waals surface area contributed by atoms with E-state index >= 15 is 0 Å². The fourth-order valence-corrected chi connectivity index (χ4v) is 3.70. The highest BCUT2D eigenvalue weighted by Gasteiger charge is 2.14. The van der Waals surface area contributed by atoms with Crippen molar-refractivity contribution in [3.63, 3.8) is 0 Å². The maximum Gasteiger partial charge on any atom is 0.300 e. The number of ether oxygens (including phenoxy) is 2. The second-order valence-electron chi connectivity index (χ2n) is 5.52. The summed E-state index contributed by atoms with van der Waals surface area (Å²) >= 11 is 1.44. The summed E-state index contributed by atoms with van der Waals surface area (Å²) in [5, 5.41) is 4.20. The van der Waals surface area contributed by atoms with Gasteiger partial charge in [-0.25, -0.2) is 0 Å². The summed E-state index contributed by atoms with van der Waals surface area (Å²) in [4.78, 5) is 17.4. The van der Waals surface area contributed by atoms with Crippen molar-refractivity contribution in [2.24, 2.45) is 12.0 Å². The van der Waals surface area contributed by atoms with Gasteiger partial charge in [-0.05, 0) is 19.9 Å². The van der Waals surface area contributed by atoms with Crippen LogP contribution in [0.15, 0.2) is 23.2 Å². The van der Waals surface area contributed by atoms with Crippen LogP contribution < -0.4 is 14.3 Å². The molecule has 0 saturated carbocycles. The zero-order chi connectivity index (χ0) is 18.1. The normalized spacial score (nSPS) is 12.0. The molecular weight excluding hydrogens is 340 g/mol. The van der Waals surface area contributed by atoms with Crippen LogP contribution in [0, 0.1) is 6.92 Å². The predicted molar refractivity (Wildman–Crippen MR) is 96.4 cm³/mol. The number of thiazole rings is 1. The molecule has 0 spiro atoms. The summed E-state index contributed by atoms with van der Waals surface area (Å²) in [6.45, 7) is 4.59. The van der Waals surface area contributed by atoms with Crippen molar-refractivity contribution < 1.29 is 14.3 Å². The van der Waals surface area contributed by atoms with Gasteiger partial charge in [-0.15, -0.1) is 0 Å². The minimum atomic E-state index is -0.351. The highest BCUT2D eigenvalue weighted by atomic mass is 32.1. The molecule has 2 heterocycles. The molecule has 0 aliphatic rings. The first-order chi connectivity index (χ1) is 12.0. The molecule has 0 unspecified atom stereocenters. The number of carbonyl (C=O) groups is 1. The van der Waals surface area contributed by atoms with Crippen molar-refractivity contribution in [2.45, 2.75) is 20.4 Å². The number of hydrogen-bond acceptors (Lipinski definition) is 5. The predicted octanol–water partition coefficient (Wildman–Crippen LogP) is 2.52. The van der Waals surface area contributed by atoms with Crippen molar-refractivity contribution in [3.05, 3.63) is 34.4 Å². The third-order valence-corrected chi connectivity index (χ3v) is 5.08. The van der Waals surface area contributed by atoms with Crippen LogP contribution >= 0.6 is 11.3 Å². The Hall–Kier alpha value is -2.61. The van der Waals surface area contributed by atoms with Gasteiger partial charge >= 0.3 is 0 Å². The van der Waals surface area contributed by atoms with E-state index in [0.717, 1.165) is 15.9 Å². The summed E-state index contributed by atoms with van der Waals surface area (Å²) in [6.07, 6.45) is 0. The quantitative estimate of drug-likeness (QED) is 0.717. The van der Waals surface area contributed by atoms with Crippen molar-refractivity contribution in [3.8, 4) is 11.5 Å². The minimum absolute atomic E-state index is 0.343. The minimum Gasteiger partial charge on any atom is -0.493 e. The second-order valence-corrected chi connectivity index (χ2v) is 6.52. The van der Waals surface area contributed by atoms with Gasteiger partial charge in [0.2, 0.25) is 0 Å². The van der Waals surface area contributed by atoms with Gasteiger partial charge in [0.15, 0.2) is 22.0 Å². The molecule has 0 aliphatic heterocycles. The van der Waals surface area contributed by atoms with E-state index in [9.17, 15) is 4.79 Å². The van der Waals surface area contributed by atoms with Crippen LogP contribution in [0.1, 0.15) is 23.1 Å². The molecule has 8 heteroatoms. The van der Waals surface area contributed by atoms with Crippen LogP contribution in [-0.4, -0.2) is 34.5 Å². The van der Waals surface area contributed by atoms with Crippen molar-refractivity contribution in [1.82, 2.24) is 14.3 Å². The summed E-state index contributed by atoms with van der Waals surface area (Å²) < 4.78 is 15.4. The van der Waals surface area contributed by atoms with E-state index in [0.29, 0.717) is 28.5 Å². The Morgan fingerprint density at radius 3 is 2.48 bits per heavy atom. The van der Waals surface area contributed by atoms with E-state index in [1.54, 1.807) is 32.0 Å². The number of fused-ring (bicyclic) bond motifs is 1. The Balaban J connectivity index is 2.16. The summed E-state index contributed by atoms with van der Waals surface area (Å²) in [6, 6.07) is 5.55. The zero-order valence-corrected chi connectivity index (χ0v) is 15.7. The lowest BCUT2D eigenvalue weighted by Crippen LogP contribution is -2.16. The standard InChI is InChI=1S/C17H20N4O3S/c1-6-21-12-8-13(23-4)14(24-5)9-15(12)25-17(21)18-16(22)11-7-10(2)20(3)19-11/h7-9H,6H2,1-5H3. The first kappa shape index (κ1) is 17.2. The number of carbonyl (C=O) groups excluding carboxylic acids is 1. The van der Waals surface area contributed by atoms with Gasteiger partial charge in [0.1, 0.15) is 0 Å². The molecule has 3 rings (SSSR count). The molecule has 0 N–H and O–H groups in total. The lowest BCUT2D eigenvalue weighted by atomic mass is 10.3. The van der Waals surface area contributed by atoms with Crippen LogP contribution in [0.3, 0.4) is 0 Å². The highest BCUT2D eigenvalue weighted by Crippen LogP contribution is 2.33. The fraction of sp³-hybridized carbons (Fsp3) is 0.353. The summed E-state index contributed by atoms with van der Waals surface area (Å²) in [5.41, 5.74) is 2.21. The largest absolute Gasteiger partial charge is 0.493 e. The molecule has 132 valence electrons. The zero-order valence-electron chi connectivity index (χ0n) is 14.9. The molecule has 25 heavy (non-hydrogen) atoms. The number of aryl methyl sites for hydroxylation is 3. The Morgan fingerprint density at radius 2 is 1.92 bits per heavy atom. The Bertz CT molecular complexity index is 993. The average Bonchev–Trinajstić information content (AvgIpc) is 3.12. The molecule has 0 bridgehead atoms. The van der Waals surface area contributed by atoms with E-state index in [1.807, 2.05) is 30.5 Å². The van der Waals surface area contributed by atoms with Gasteiger partial charge in [-0.1, -0.05) is 11.3 Å². The SMILES string of the molecule is CCn1c(=NC(=O)c2cc(C)n(C)n2)sc2cc(OC)c(OC)cc21. The first-order valence-corrected chi connectivity index (χ1v) is 8.65. The molecule has 0 saturated heterocycles. The van der Waals surface area contributed by atoms with E-state index in [1.165, 1.54) is 11.3 Å². The monoisotopic (exact) mass is 360 g/mol. The van der Waals surface area contributed by atoms with Gasteiger partial charge in [0.25, 0.3) is 5.91 Å². The van der Waals surface area contributed by atoms with E-state index < -0.39 is 0 Å². The lowest BCUT2D eigenvalue weighted by molar-refractivity contribution is 0.0992. The van der Waals surface area contributed by atoms with E-state index in [4.69, 9.17) is 9.47 Å². The summed E-state index contributed by atoms with van der Waals surface area (Å²) in [5.74, 6) is 0.947. The molecule has 3 aromatic rings. The molecule has 0 aliphatic carbocycles. The van der Waals surface area contributed by atoms with Crippen LogP contribution in [0.5, 0.6) is 11.5 Å². The number of methoxy groups -OCH3 is 2. The maximum atomic E-state index is 12.5. The molecule has 0 atom stereocenters. The number of hydrogen-bond donors (Lipinski definition) is 0. The van der Waals surface area contributed by atoms with Gasteiger partial charge in [-0.3, -0.25) is 9.48 Å². The average molecular weight is 360 g/mol. The topological polar surface area (TPSA) is 70.6 Å². The number of amides is 1. The number of benzene rings is 1. The van der Waals surface area contributed by atoms with Crippen LogP contribution in [0.2, 0.25) is 0 Å². The van der Waals surface area contributed by atoms with Crippen LogP contribution in [0.4, 0.5) is 0 Å². The Kier molecular flexibility index (Phi) is 4.63. The van der Waals surface area contributed by atoms with Crippen LogP contribution in [0.25, 0.3) is 10.2 Å². The number of nitrogens with zero attached hydrogens (tertiary/aromatic N) is 4. The molecule has 2 aromatic heterocycles. The Labute approximate surface area is 149 Å². The Morgan fingerprint density at radius 1 is 1.24 bits per heavy atom. The van der Waals surface area contributed by atoms with E-state index in [2.05, 4.69) is 10.1 Å². The number of rotatable bonds is 4. The second kappa shape index (κ2) is 6.72. The van der Waals surface area contributed by atoms with Gasteiger partial charge < -0.3 is 14.0 Å².